The zero-order valence-corrected chi connectivity index (χ0v) is 13.1. The molecule has 2 N–H and O–H groups in total. The van der Waals surface area contributed by atoms with E-state index in [0.29, 0.717) is 0 Å². The van der Waals surface area contributed by atoms with Crippen LogP contribution < -0.4 is 10.6 Å². The molecule has 1 fully saturated rings. The molecule has 5 nitrogen and oxygen atoms in total. The number of nitrogens with two attached hydrogens (primary N) is 1. The second-order valence-corrected chi connectivity index (χ2v) is 7.16. The highest BCUT2D eigenvalue weighted by molar-refractivity contribution is 8.01. The van der Waals surface area contributed by atoms with Crippen LogP contribution in [0.15, 0.2) is 34.7 Å². The number of primary amides is 1. The fourth-order valence-corrected chi connectivity index (χ4v) is 4.34. The van der Waals surface area contributed by atoms with E-state index in [1.807, 2.05) is 30.3 Å². The minimum atomic E-state index is -0.425. The number of carbonyl (C=O) groups excluding carboxylic acids is 1. The van der Waals surface area contributed by atoms with Gasteiger partial charge in [-0.2, -0.15) is 0 Å². The van der Waals surface area contributed by atoms with E-state index >= 15 is 0 Å². The lowest BCUT2D eigenvalue weighted by atomic mass is 10.1. The number of thioether (sulfide) groups is 1. The molecule has 21 heavy (non-hydrogen) atoms. The molecule has 110 valence electrons. The molecule has 0 radical (unpaired) electrons. The van der Waals surface area contributed by atoms with Crippen molar-refractivity contribution < 1.29 is 4.79 Å². The molecule has 3 rings (SSSR count). The number of hydrogen-bond acceptors (Lipinski definition) is 6. The first kappa shape index (κ1) is 14.3. The normalized spacial score (nSPS) is 16.1. The van der Waals surface area contributed by atoms with Crippen molar-refractivity contribution in [3.05, 3.63) is 35.9 Å². The topological polar surface area (TPSA) is 72.1 Å². The molecule has 0 spiro atoms. The highest BCUT2D eigenvalue weighted by atomic mass is 32.2. The Morgan fingerprint density at radius 3 is 2.62 bits per heavy atom. The Morgan fingerprint density at radius 1 is 1.24 bits per heavy atom. The van der Waals surface area contributed by atoms with Gasteiger partial charge in [0.2, 0.25) is 11.0 Å². The van der Waals surface area contributed by atoms with Gasteiger partial charge >= 0.3 is 0 Å². The summed E-state index contributed by atoms with van der Waals surface area (Å²) in [7, 11) is 0. The van der Waals surface area contributed by atoms with Gasteiger partial charge in [-0.15, -0.1) is 10.2 Å². The first-order valence-corrected chi connectivity index (χ1v) is 8.53. The Bertz CT molecular complexity index is 610. The Labute approximate surface area is 131 Å². The zero-order chi connectivity index (χ0) is 14.7. The second-order valence-electron chi connectivity index (χ2n) is 4.86. The number of anilines is 1. The van der Waals surface area contributed by atoms with Gasteiger partial charge in [-0.1, -0.05) is 53.4 Å². The van der Waals surface area contributed by atoms with Crippen LogP contribution in [0, 0.1) is 0 Å². The monoisotopic (exact) mass is 320 g/mol. The molecular formula is C14H16N4OS2. The highest BCUT2D eigenvalue weighted by Gasteiger charge is 2.23. The standard InChI is InChI=1S/C14H16N4OS2/c15-12(19)11(10-6-2-1-3-7-10)20-14-17-16-13(21-14)18-8-4-5-9-18/h1-3,6-7,11H,4-5,8-9H2,(H2,15,19)/t11-/m1/s1. The third-order valence-electron chi connectivity index (χ3n) is 3.35. The first-order chi connectivity index (χ1) is 10.2. The van der Waals surface area contributed by atoms with Crippen molar-refractivity contribution in [3.63, 3.8) is 0 Å². The Morgan fingerprint density at radius 2 is 1.95 bits per heavy atom. The van der Waals surface area contributed by atoms with Crippen molar-refractivity contribution >= 4 is 34.1 Å². The lowest BCUT2D eigenvalue weighted by Gasteiger charge is -2.12. The summed E-state index contributed by atoms with van der Waals surface area (Å²) in [6.45, 7) is 2.08. The quantitative estimate of drug-likeness (QED) is 0.857. The third-order valence-corrected chi connectivity index (χ3v) is 5.69. The van der Waals surface area contributed by atoms with Gasteiger partial charge in [-0.25, -0.2) is 0 Å². The van der Waals surface area contributed by atoms with Crippen molar-refractivity contribution in [2.24, 2.45) is 5.73 Å². The molecular weight excluding hydrogens is 304 g/mol. The van der Waals surface area contributed by atoms with E-state index < -0.39 is 5.25 Å². The number of hydrogen-bond donors (Lipinski definition) is 1. The first-order valence-electron chi connectivity index (χ1n) is 6.83. The molecule has 2 aromatic rings. The zero-order valence-electron chi connectivity index (χ0n) is 11.4. The Hall–Kier alpha value is -1.60. The maximum absolute atomic E-state index is 11.7. The molecule has 1 aromatic carbocycles. The van der Waals surface area contributed by atoms with E-state index in [9.17, 15) is 4.79 Å². The highest BCUT2D eigenvalue weighted by Crippen LogP contribution is 2.38. The van der Waals surface area contributed by atoms with Crippen LogP contribution in [0.3, 0.4) is 0 Å². The van der Waals surface area contributed by atoms with E-state index in [-0.39, 0.29) is 5.91 Å². The van der Waals surface area contributed by atoms with E-state index in [1.54, 1.807) is 0 Å². The van der Waals surface area contributed by atoms with Crippen LogP contribution in [-0.2, 0) is 4.79 Å². The van der Waals surface area contributed by atoms with Gasteiger partial charge in [0.1, 0.15) is 5.25 Å². The fraction of sp³-hybridized carbons (Fsp3) is 0.357. The van der Waals surface area contributed by atoms with Crippen LogP contribution in [0.2, 0.25) is 0 Å². The summed E-state index contributed by atoms with van der Waals surface area (Å²) in [5.41, 5.74) is 6.43. The SMILES string of the molecule is NC(=O)[C@H](Sc1nnc(N2CCCC2)s1)c1ccccc1. The summed E-state index contributed by atoms with van der Waals surface area (Å²) >= 11 is 2.90. The van der Waals surface area contributed by atoms with Crippen molar-refractivity contribution in [1.82, 2.24) is 10.2 Å². The number of rotatable bonds is 5. The second kappa shape index (κ2) is 6.44. The molecule has 7 heteroatoms. The lowest BCUT2D eigenvalue weighted by molar-refractivity contribution is -0.117. The lowest BCUT2D eigenvalue weighted by Crippen LogP contribution is -2.18. The molecule has 0 bridgehead atoms. The van der Waals surface area contributed by atoms with Crippen molar-refractivity contribution in [2.45, 2.75) is 22.4 Å². The van der Waals surface area contributed by atoms with Gasteiger partial charge in [0.25, 0.3) is 0 Å². The summed E-state index contributed by atoms with van der Waals surface area (Å²) < 4.78 is 0.782. The maximum Gasteiger partial charge on any atom is 0.235 e. The average molecular weight is 320 g/mol. The molecule has 1 aromatic heterocycles. The molecule has 1 atom stereocenters. The molecule has 0 unspecified atom stereocenters. The van der Waals surface area contributed by atoms with Crippen molar-refractivity contribution in [2.75, 3.05) is 18.0 Å². The van der Waals surface area contributed by atoms with Crippen LogP contribution in [0.5, 0.6) is 0 Å². The minimum Gasteiger partial charge on any atom is -0.368 e. The minimum absolute atomic E-state index is 0.357. The number of carbonyl (C=O) groups is 1. The van der Waals surface area contributed by atoms with Gasteiger partial charge in [0, 0.05) is 13.1 Å². The molecule has 1 saturated heterocycles. The molecule has 0 saturated carbocycles. The van der Waals surface area contributed by atoms with Gasteiger partial charge < -0.3 is 10.6 Å². The Kier molecular flexibility index (Phi) is 4.40. The van der Waals surface area contributed by atoms with Crippen LogP contribution in [0.1, 0.15) is 23.7 Å². The van der Waals surface area contributed by atoms with E-state index in [1.165, 1.54) is 35.9 Å². The molecule has 0 aliphatic carbocycles. The summed E-state index contributed by atoms with van der Waals surface area (Å²) in [4.78, 5) is 14.0. The van der Waals surface area contributed by atoms with E-state index in [4.69, 9.17) is 5.73 Å². The number of aromatic nitrogens is 2. The van der Waals surface area contributed by atoms with Gasteiger partial charge in [0.05, 0.1) is 0 Å². The van der Waals surface area contributed by atoms with E-state index in [2.05, 4.69) is 15.1 Å². The van der Waals surface area contributed by atoms with Gasteiger partial charge in [-0.05, 0) is 18.4 Å². The molecule has 1 amide bonds. The molecule has 2 heterocycles. The van der Waals surface area contributed by atoms with Crippen LogP contribution in [0.4, 0.5) is 5.13 Å². The number of benzene rings is 1. The largest absolute Gasteiger partial charge is 0.368 e. The van der Waals surface area contributed by atoms with Crippen LogP contribution in [-0.4, -0.2) is 29.2 Å². The van der Waals surface area contributed by atoms with Crippen molar-refractivity contribution in [3.8, 4) is 0 Å². The van der Waals surface area contributed by atoms with Gasteiger partial charge in [-0.3, -0.25) is 4.79 Å². The summed E-state index contributed by atoms with van der Waals surface area (Å²) in [6.07, 6.45) is 2.41. The van der Waals surface area contributed by atoms with E-state index in [0.717, 1.165) is 28.1 Å². The van der Waals surface area contributed by atoms with Crippen LogP contribution >= 0.6 is 23.1 Å². The summed E-state index contributed by atoms with van der Waals surface area (Å²) in [5, 5.41) is 8.93. The van der Waals surface area contributed by atoms with Crippen LogP contribution in [0.25, 0.3) is 0 Å². The Balaban J connectivity index is 1.76. The molecule has 1 aliphatic rings. The summed E-state index contributed by atoms with van der Waals surface area (Å²) in [6, 6.07) is 9.54. The maximum atomic E-state index is 11.7. The smallest absolute Gasteiger partial charge is 0.235 e. The average Bonchev–Trinajstić information content (AvgIpc) is 3.16. The summed E-state index contributed by atoms with van der Waals surface area (Å²) in [5.74, 6) is -0.357. The number of amides is 1. The fourth-order valence-electron chi connectivity index (χ4n) is 2.31. The predicted molar refractivity (Wildman–Crippen MR) is 85.6 cm³/mol. The van der Waals surface area contributed by atoms with Crippen molar-refractivity contribution in [1.29, 1.82) is 0 Å². The molecule has 1 aliphatic heterocycles. The predicted octanol–water partition coefficient (Wildman–Crippen LogP) is 2.46. The number of nitrogens with zero attached hydrogens (tertiary/aromatic N) is 3. The third kappa shape index (κ3) is 3.36. The van der Waals surface area contributed by atoms with Gasteiger partial charge in [0.15, 0.2) is 4.34 Å².